The van der Waals surface area contributed by atoms with E-state index in [0.717, 1.165) is 12.1 Å². The van der Waals surface area contributed by atoms with Crippen molar-refractivity contribution in [1.29, 1.82) is 0 Å². The molecule has 0 radical (unpaired) electrons. The molecule has 15 heavy (non-hydrogen) atoms. The summed E-state index contributed by atoms with van der Waals surface area (Å²) in [6, 6.07) is 1.96. The molecule has 0 fully saturated rings. The molecule has 9 heteroatoms. The Morgan fingerprint density at radius 2 is 2.00 bits per heavy atom. The van der Waals surface area contributed by atoms with Gasteiger partial charge in [0.25, 0.3) is 0 Å². The number of phenols is 1. The number of aromatic hydroxyl groups is 1. The van der Waals surface area contributed by atoms with Crippen LogP contribution in [0.15, 0.2) is 21.5 Å². The molecule has 7 nitrogen and oxygen atoms in total. The number of benzene rings is 1. The van der Waals surface area contributed by atoms with Crippen LogP contribution in [0.4, 0.5) is 5.69 Å². The Morgan fingerprint density at radius 3 is 2.40 bits per heavy atom. The normalized spacial score (nSPS) is 11.3. The first-order valence-electron chi connectivity index (χ1n) is 3.43. The van der Waals surface area contributed by atoms with Gasteiger partial charge in [0.2, 0.25) is 15.8 Å². The maximum Gasteiger partial charge on any atom is 0.313 e. The largest absolute Gasteiger partial charge is 0.501 e. The van der Waals surface area contributed by atoms with E-state index in [1.807, 2.05) is 0 Å². The van der Waals surface area contributed by atoms with E-state index in [2.05, 4.69) is 15.9 Å². The topological polar surface area (TPSA) is 124 Å². The van der Waals surface area contributed by atoms with Crippen LogP contribution in [0, 0.1) is 10.1 Å². The molecule has 3 N–H and O–H groups in total. The van der Waals surface area contributed by atoms with Crippen LogP contribution < -0.4 is 5.14 Å². The molecule has 0 bridgehead atoms. The third-order valence-electron chi connectivity index (χ3n) is 1.52. The molecule has 0 amide bonds. The van der Waals surface area contributed by atoms with Crippen LogP contribution in [0.3, 0.4) is 0 Å². The summed E-state index contributed by atoms with van der Waals surface area (Å²) in [5, 5.41) is 24.5. The predicted octanol–water partition coefficient (Wildman–Crippen LogP) is 0.710. The highest BCUT2D eigenvalue weighted by Gasteiger charge is 2.24. The number of nitro groups is 1. The highest BCUT2D eigenvalue weighted by molar-refractivity contribution is 9.10. The Labute approximate surface area is 92.8 Å². The van der Waals surface area contributed by atoms with Gasteiger partial charge < -0.3 is 5.11 Å². The molecule has 82 valence electrons. The number of sulfonamides is 1. The Kier molecular flexibility index (Phi) is 2.98. The van der Waals surface area contributed by atoms with Gasteiger partial charge in [-0.2, -0.15) is 0 Å². The fourth-order valence-electron chi connectivity index (χ4n) is 0.917. The smallest absolute Gasteiger partial charge is 0.313 e. The summed E-state index contributed by atoms with van der Waals surface area (Å²) < 4.78 is 22.0. The third kappa shape index (κ3) is 2.43. The van der Waals surface area contributed by atoms with Crippen LogP contribution in [0.25, 0.3) is 0 Å². The number of nitrogens with zero attached hydrogens (tertiary/aromatic N) is 1. The van der Waals surface area contributed by atoms with Crippen molar-refractivity contribution in [3.05, 3.63) is 26.7 Å². The van der Waals surface area contributed by atoms with E-state index in [1.165, 1.54) is 0 Å². The first-order chi connectivity index (χ1) is 6.73. The number of rotatable bonds is 2. The van der Waals surface area contributed by atoms with E-state index >= 15 is 0 Å². The van der Waals surface area contributed by atoms with Crippen LogP contribution in [-0.2, 0) is 10.0 Å². The summed E-state index contributed by atoms with van der Waals surface area (Å²) in [5.41, 5.74) is -0.728. The van der Waals surface area contributed by atoms with Crippen LogP contribution in [-0.4, -0.2) is 18.4 Å². The molecule has 0 saturated carbocycles. The van der Waals surface area contributed by atoms with Crippen molar-refractivity contribution in [2.24, 2.45) is 5.14 Å². The zero-order valence-corrected chi connectivity index (χ0v) is 9.45. The van der Waals surface area contributed by atoms with Crippen molar-refractivity contribution >= 4 is 31.6 Å². The highest BCUT2D eigenvalue weighted by Crippen LogP contribution is 2.35. The van der Waals surface area contributed by atoms with Gasteiger partial charge >= 0.3 is 5.69 Å². The van der Waals surface area contributed by atoms with Gasteiger partial charge in [-0.05, 0) is 6.07 Å². The molecule has 0 aliphatic rings. The summed E-state index contributed by atoms with van der Waals surface area (Å²) in [4.78, 5) is 8.84. The maximum absolute atomic E-state index is 11.0. The van der Waals surface area contributed by atoms with Crippen molar-refractivity contribution in [2.45, 2.75) is 4.90 Å². The fourth-order valence-corrected chi connectivity index (χ4v) is 2.18. The molecule has 0 aliphatic carbocycles. The average molecular weight is 297 g/mol. The third-order valence-corrected chi connectivity index (χ3v) is 2.90. The van der Waals surface area contributed by atoms with Crippen molar-refractivity contribution in [3.8, 4) is 5.75 Å². The number of halogens is 1. The number of nitrogens with two attached hydrogens (primary N) is 1. The van der Waals surface area contributed by atoms with E-state index in [1.54, 1.807) is 0 Å². The van der Waals surface area contributed by atoms with Gasteiger partial charge in [-0.3, -0.25) is 10.1 Å². The van der Waals surface area contributed by atoms with E-state index in [4.69, 9.17) is 5.14 Å². The quantitative estimate of drug-likeness (QED) is 0.614. The molecule has 0 aliphatic heterocycles. The molecule has 0 unspecified atom stereocenters. The molecule has 0 saturated heterocycles. The van der Waals surface area contributed by atoms with Crippen molar-refractivity contribution < 1.29 is 18.4 Å². The lowest BCUT2D eigenvalue weighted by molar-refractivity contribution is -0.386. The van der Waals surface area contributed by atoms with E-state index in [0.29, 0.717) is 0 Å². The number of hydrogen-bond donors (Lipinski definition) is 2. The Hall–Kier alpha value is -1.19. The predicted molar refractivity (Wildman–Crippen MR) is 53.8 cm³/mol. The molecule has 0 spiro atoms. The second-order valence-electron chi connectivity index (χ2n) is 2.57. The lowest BCUT2D eigenvalue weighted by Gasteiger charge is -2.03. The Balaban J connectivity index is 3.63. The van der Waals surface area contributed by atoms with Gasteiger partial charge in [-0.25, -0.2) is 13.6 Å². The first kappa shape index (κ1) is 11.9. The summed E-state index contributed by atoms with van der Waals surface area (Å²) in [6.45, 7) is 0. The molecule has 1 aromatic rings. The maximum atomic E-state index is 11.0. The van der Waals surface area contributed by atoms with Crippen molar-refractivity contribution in [2.75, 3.05) is 0 Å². The monoisotopic (exact) mass is 296 g/mol. The Morgan fingerprint density at radius 1 is 1.47 bits per heavy atom. The fraction of sp³-hybridized carbons (Fsp3) is 0. The van der Waals surface area contributed by atoms with Gasteiger partial charge in [0.05, 0.1) is 4.92 Å². The molecular weight excluding hydrogens is 292 g/mol. The number of nitro benzene ring substituents is 1. The molecule has 0 atom stereocenters. The molecule has 1 rings (SSSR count). The Bertz CT molecular complexity index is 527. The summed E-state index contributed by atoms with van der Waals surface area (Å²) in [6.07, 6.45) is 0. The highest BCUT2D eigenvalue weighted by atomic mass is 79.9. The average Bonchev–Trinajstić information content (AvgIpc) is 2.06. The zero-order valence-electron chi connectivity index (χ0n) is 7.05. The van der Waals surface area contributed by atoms with E-state index < -0.39 is 31.3 Å². The SMILES string of the molecule is NS(=O)(=O)c1cc(Br)cc([N+](=O)[O-])c1O. The van der Waals surface area contributed by atoms with Gasteiger partial charge in [-0.1, -0.05) is 15.9 Å². The summed E-state index contributed by atoms with van der Waals surface area (Å²) >= 11 is 2.87. The molecular formula is C6H5BrN2O5S. The minimum Gasteiger partial charge on any atom is -0.501 e. The zero-order chi connectivity index (χ0) is 11.8. The van der Waals surface area contributed by atoms with Gasteiger partial charge in [0, 0.05) is 10.5 Å². The number of phenolic OH excluding ortho intramolecular Hbond substituents is 1. The minimum absolute atomic E-state index is 0.135. The van der Waals surface area contributed by atoms with E-state index in [-0.39, 0.29) is 4.47 Å². The number of primary sulfonamides is 1. The van der Waals surface area contributed by atoms with Gasteiger partial charge in [0.15, 0.2) is 0 Å². The lowest BCUT2D eigenvalue weighted by atomic mass is 10.3. The van der Waals surface area contributed by atoms with E-state index in [9.17, 15) is 23.6 Å². The minimum atomic E-state index is -4.20. The summed E-state index contributed by atoms with van der Waals surface area (Å²) in [5.74, 6) is -0.967. The van der Waals surface area contributed by atoms with Crippen molar-refractivity contribution in [1.82, 2.24) is 0 Å². The second kappa shape index (κ2) is 3.76. The summed E-state index contributed by atoms with van der Waals surface area (Å²) in [7, 11) is -4.20. The second-order valence-corrected chi connectivity index (χ2v) is 5.02. The van der Waals surface area contributed by atoms with Crippen LogP contribution in [0.5, 0.6) is 5.75 Å². The molecule has 0 aromatic heterocycles. The molecule has 1 aromatic carbocycles. The van der Waals surface area contributed by atoms with Crippen molar-refractivity contribution in [3.63, 3.8) is 0 Å². The molecule has 0 heterocycles. The lowest BCUT2D eigenvalue weighted by Crippen LogP contribution is -2.12. The van der Waals surface area contributed by atoms with Gasteiger partial charge in [0.1, 0.15) is 4.90 Å². The standard InChI is InChI=1S/C6H5BrN2O5S/c7-3-1-4(9(11)12)6(10)5(2-3)15(8,13)14/h1-2,10H,(H2,8,13,14). The van der Waals surface area contributed by atoms with Crippen LogP contribution in [0.1, 0.15) is 0 Å². The first-order valence-corrected chi connectivity index (χ1v) is 5.77. The van der Waals surface area contributed by atoms with Crippen LogP contribution in [0.2, 0.25) is 0 Å². The number of hydrogen-bond acceptors (Lipinski definition) is 5. The van der Waals surface area contributed by atoms with Gasteiger partial charge in [-0.15, -0.1) is 0 Å². The van der Waals surface area contributed by atoms with Crippen LogP contribution >= 0.6 is 15.9 Å².